The van der Waals surface area contributed by atoms with Crippen LogP contribution in [0.15, 0.2) is 18.2 Å². The second-order valence-corrected chi connectivity index (χ2v) is 6.64. The summed E-state index contributed by atoms with van der Waals surface area (Å²) in [7, 11) is 3.25. The van der Waals surface area contributed by atoms with E-state index in [4.69, 9.17) is 9.47 Å². The van der Waals surface area contributed by atoms with Gasteiger partial charge in [0.15, 0.2) is 11.5 Å². The predicted octanol–water partition coefficient (Wildman–Crippen LogP) is 1.22. The van der Waals surface area contributed by atoms with Crippen molar-refractivity contribution in [3.05, 3.63) is 23.8 Å². The van der Waals surface area contributed by atoms with E-state index in [2.05, 4.69) is 5.32 Å². The van der Waals surface area contributed by atoms with E-state index in [0.29, 0.717) is 44.2 Å². The Hall–Kier alpha value is -2.44. The molecular formula is C18H25N3O4. The lowest BCUT2D eigenvalue weighted by Crippen LogP contribution is -2.52. The SMILES string of the molecule is COc1ccc(C2(CNC(=O)N3CCN(C=O)CC3)CC2)cc1OC. The summed E-state index contributed by atoms with van der Waals surface area (Å²) in [4.78, 5) is 26.6. The van der Waals surface area contributed by atoms with E-state index < -0.39 is 0 Å². The number of hydrogen-bond acceptors (Lipinski definition) is 4. The lowest BCUT2D eigenvalue weighted by Gasteiger charge is -2.33. The number of carbonyl (C=O) groups is 2. The maximum atomic E-state index is 12.4. The molecule has 2 aliphatic rings. The quantitative estimate of drug-likeness (QED) is 0.786. The first kappa shape index (κ1) is 17.4. The Morgan fingerprint density at radius 2 is 1.84 bits per heavy atom. The van der Waals surface area contributed by atoms with Crippen molar-refractivity contribution in [2.45, 2.75) is 18.3 Å². The minimum absolute atomic E-state index is 0.0141. The van der Waals surface area contributed by atoms with Gasteiger partial charge in [-0.05, 0) is 30.5 Å². The fourth-order valence-corrected chi connectivity index (χ4v) is 3.27. The molecule has 1 saturated heterocycles. The van der Waals surface area contributed by atoms with E-state index in [0.717, 1.165) is 24.8 Å². The van der Waals surface area contributed by atoms with Gasteiger partial charge in [-0.15, -0.1) is 0 Å². The van der Waals surface area contributed by atoms with Crippen LogP contribution in [0.2, 0.25) is 0 Å². The van der Waals surface area contributed by atoms with Crippen LogP contribution in [0.25, 0.3) is 0 Å². The lowest BCUT2D eigenvalue weighted by molar-refractivity contribution is -0.119. The van der Waals surface area contributed by atoms with Crippen LogP contribution < -0.4 is 14.8 Å². The molecule has 25 heavy (non-hydrogen) atoms. The number of nitrogens with zero attached hydrogens (tertiary/aromatic N) is 2. The minimum Gasteiger partial charge on any atom is -0.493 e. The second kappa shape index (κ2) is 7.21. The summed E-state index contributed by atoms with van der Waals surface area (Å²) in [6.45, 7) is 2.95. The van der Waals surface area contributed by atoms with Crippen molar-refractivity contribution in [1.29, 1.82) is 0 Å². The second-order valence-electron chi connectivity index (χ2n) is 6.64. The molecule has 1 aromatic carbocycles. The van der Waals surface area contributed by atoms with E-state index in [9.17, 15) is 9.59 Å². The molecule has 1 N–H and O–H groups in total. The molecule has 3 amide bonds. The van der Waals surface area contributed by atoms with Crippen LogP contribution in [-0.2, 0) is 10.2 Å². The van der Waals surface area contributed by atoms with Crippen LogP contribution in [0.5, 0.6) is 11.5 Å². The Kier molecular flexibility index (Phi) is 5.01. The van der Waals surface area contributed by atoms with Crippen molar-refractivity contribution in [2.75, 3.05) is 46.9 Å². The van der Waals surface area contributed by atoms with Gasteiger partial charge in [0.05, 0.1) is 14.2 Å². The van der Waals surface area contributed by atoms with Crippen LogP contribution in [0, 0.1) is 0 Å². The number of methoxy groups -OCH3 is 2. The number of carbonyl (C=O) groups excluding carboxylic acids is 2. The highest BCUT2D eigenvalue weighted by atomic mass is 16.5. The zero-order chi connectivity index (χ0) is 17.9. The van der Waals surface area contributed by atoms with Crippen molar-refractivity contribution >= 4 is 12.4 Å². The standard InChI is InChI=1S/C18H25N3O4/c1-24-15-4-3-14(11-16(15)25-2)18(5-6-18)12-19-17(23)21-9-7-20(13-22)8-10-21/h3-4,11,13H,5-10,12H2,1-2H3,(H,19,23). The van der Waals surface area contributed by atoms with Crippen LogP contribution in [0.4, 0.5) is 4.79 Å². The Balaban J connectivity index is 1.59. The molecule has 1 aliphatic heterocycles. The number of nitrogens with one attached hydrogen (secondary N) is 1. The molecule has 2 fully saturated rings. The Bertz CT molecular complexity index is 637. The maximum Gasteiger partial charge on any atom is 0.317 e. The maximum absolute atomic E-state index is 12.4. The van der Waals surface area contributed by atoms with Gasteiger partial charge in [0.25, 0.3) is 0 Å². The average molecular weight is 347 g/mol. The van der Waals surface area contributed by atoms with E-state index in [1.807, 2.05) is 18.2 Å². The van der Waals surface area contributed by atoms with Gasteiger partial charge in [0.1, 0.15) is 0 Å². The van der Waals surface area contributed by atoms with Crippen LogP contribution in [-0.4, -0.2) is 69.2 Å². The normalized spacial score (nSPS) is 18.5. The molecular weight excluding hydrogens is 322 g/mol. The molecule has 7 heteroatoms. The Morgan fingerprint density at radius 3 is 2.40 bits per heavy atom. The van der Waals surface area contributed by atoms with Crippen molar-refractivity contribution in [2.24, 2.45) is 0 Å². The molecule has 0 radical (unpaired) electrons. The Morgan fingerprint density at radius 1 is 1.16 bits per heavy atom. The molecule has 1 aliphatic carbocycles. The number of hydrogen-bond donors (Lipinski definition) is 1. The zero-order valence-corrected chi connectivity index (χ0v) is 14.8. The number of piperazine rings is 1. The van der Waals surface area contributed by atoms with Crippen molar-refractivity contribution in [3.8, 4) is 11.5 Å². The van der Waals surface area contributed by atoms with Gasteiger partial charge in [0.2, 0.25) is 6.41 Å². The summed E-state index contributed by atoms with van der Waals surface area (Å²) in [5, 5.41) is 3.06. The summed E-state index contributed by atoms with van der Waals surface area (Å²) in [6.07, 6.45) is 2.93. The third kappa shape index (κ3) is 3.65. The number of amides is 3. The fourth-order valence-electron chi connectivity index (χ4n) is 3.27. The first-order chi connectivity index (χ1) is 12.1. The number of urea groups is 1. The summed E-state index contributed by atoms with van der Waals surface area (Å²) >= 11 is 0. The van der Waals surface area contributed by atoms with Crippen molar-refractivity contribution < 1.29 is 19.1 Å². The number of benzene rings is 1. The summed E-state index contributed by atoms with van der Waals surface area (Å²) in [6, 6.07) is 5.90. The van der Waals surface area contributed by atoms with Crippen molar-refractivity contribution in [1.82, 2.24) is 15.1 Å². The number of rotatable bonds is 6. The van der Waals surface area contributed by atoms with Gasteiger partial charge in [-0.25, -0.2) is 4.79 Å². The largest absolute Gasteiger partial charge is 0.493 e. The predicted molar refractivity (Wildman–Crippen MR) is 93.1 cm³/mol. The van der Waals surface area contributed by atoms with Gasteiger partial charge in [-0.1, -0.05) is 6.07 Å². The molecule has 0 unspecified atom stereocenters. The first-order valence-electron chi connectivity index (χ1n) is 8.56. The van der Waals surface area contributed by atoms with Gasteiger partial charge < -0.3 is 24.6 Å². The average Bonchev–Trinajstić information content (AvgIpc) is 3.46. The molecule has 0 atom stereocenters. The zero-order valence-electron chi connectivity index (χ0n) is 14.8. The summed E-state index contributed by atoms with van der Waals surface area (Å²) < 4.78 is 10.7. The molecule has 7 nitrogen and oxygen atoms in total. The van der Waals surface area contributed by atoms with Gasteiger partial charge in [0, 0.05) is 38.1 Å². The number of ether oxygens (including phenoxy) is 2. The smallest absolute Gasteiger partial charge is 0.317 e. The highest BCUT2D eigenvalue weighted by Gasteiger charge is 2.45. The first-order valence-corrected chi connectivity index (χ1v) is 8.56. The third-order valence-electron chi connectivity index (χ3n) is 5.18. The fraction of sp³-hybridized carbons (Fsp3) is 0.556. The molecule has 1 aromatic rings. The van der Waals surface area contributed by atoms with E-state index >= 15 is 0 Å². The summed E-state index contributed by atoms with van der Waals surface area (Å²) in [5.41, 5.74) is 1.15. The van der Waals surface area contributed by atoms with Crippen LogP contribution in [0.1, 0.15) is 18.4 Å². The monoisotopic (exact) mass is 347 g/mol. The molecule has 136 valence electrons. The molecule has 0 bridgehead atoms. The highest BCUT2D eigenvalue weighted by Crippen LogP contribution is 2.49. The lowest BCUT2D eigenvalue weighted by atomic mass is 9.95. The van der Waals surface area contributed by atoms with E-state index in [1.165, 1.54) is 0 Å². The Labute approximate surface area is 147 Å². The van der Waals surface area contributed by atoms with Crippen LogP contribution in [0.3, 0.4) is 0 Å². The highest BCUT2D eigenvalue weighted by molar-refractivity contribution is 5.74. The topological polar surface area (TPSA) is 71.1 Å². The van der Waals surface area contributed by atoms with Gasteiger partial charge in [-0.3, -0.25) is 4.79 Å². The van der Waals surface area contributed by atoms with Gasteiger partial charge >= 0.3 is 6.03 Å². The van der Waals surface area contributed by atoms with Gasteiger partial charge in [-0.2, -0.15) is 0 Å². The van der Waals surface area contributed by atoms with E-state index in [-0.39, 0.29) is 11.4 Å². The molecule has 0 aromatic heterocycles. The molecule has 1 heterocycles. The molecule has 0 spiro atoms. The van der Waals surface area contributed by atoms with E-state index in [1.54, 1.807) is 24.0 Å². The minimum atomic E-state index is -0.0581. The van der Waals surface area contributed by atoms with Crippen molar-refractivity contribution in [3.63, 3.8) is 0 Å². The third-order valence-corrected chi connectivity index (χ3v) is 5.18. The van der Waals surface area contributed by atoms with Crippen LogP contribution >= 0.6 is 0 Å². The molecule has 3 rings (SSSR count). The summed E-state index contributed by atoms with van der Waals surface area (Å²) in [5.74, 6) is 1.42. The molecule has 1 saturated carbocycles.